The lowest BCUT2D eigenvalue weighted by Crippen LogP contribution is -2.31. The summed E-state index contributed by atoms with van der Waals surface area (Å²) in [6, 6.07) is 10.9. The number of hydrogen-bond acceptors (Lipinski definition) is 3. The second kappa shape index (κ2) is 6.65. The molecule has 7 heteroatoms. The topological polar surface area (TPSA) is 59.3 Å². The number of aromatic nitrogens is 3. The second-order valence-electron chi connectivity index (χ2n) is 7.60. The van der Waals surface area contributed by atoms with E-state index in [1.807, 2.05) is 18.2 Å². The maximum Gasteiger partial charge on any atom is 0.280 e. The lowest BCUT2D eigenvalue weighted by Gasteiger charge is -2.26. The Kier molecular flexibility index (Phi) is 4.10. The fourth-order valence-electron chi connectivity index (χ4n) is 4.01. The smallest absolute Gasteiger partial charge is 0.280 e. The Hall–Kier alpha value is -2.83. The quantitative estimate of drug-likeness (QED) is 0.730. The molecule has 0 saturated heterocycles. The van der Waals surface area contributed by atoms with E-state index in [0.717, 1.165) is 42.2 Å². The number of alkyl halides is 2. The molecule has 2 aromatic heterocycles. The van der Waals surface area contributed by atoms with E-state index in [9.17, 15) is 13.6 Å². The van der Waals surface area contributed by atoms with Crippen LogP contribution in [0.2, 0.25) is 0 Å². The number of carbonyl (C=O) groups excluding carboxylic acids is 1. The molecule has 2 aliphatic rings. The lowest BCUT2D eigenvalue weighted by atomic mass is 9.88. The number of fused-ring (bicyclic) bond motifs is 2. The van der Waals surface area contributed by atoms with Crippen LogP contribution in [0.5, 0.6) is 0 Å². The second-order valence-corrected chi connectivity index (χ2v) is 7.60. The molecule has 0 spiro atoms. The summed E-state index contributed by atoms with van der Waals surface area (Å²) in [5.74, 6) is -0.117. The van der Waals surface area contributed by atoms with Crippen LogP contribution in [0.1, 0.15) is 77.1 Å². The van der Waals surface area contributed by atoms with Gasteiger partial charge in [-0.05, 0) is 49.3 Å². The summed E-state index contributed by atoms with van der Waals surface area (Å²) < 4.78 is 28.1. The van der Waals surface area contributed by atoms with E-state index in [1.54, 1.807) is 0 Å². The Morgan fingerprint density at radius 2 is 2.00 bits per heavy atom. The highest BCUT2D eigenvalue weighted by Gasteiger charge is 2.29. The van der Waals surface area contributed by atoms with Crippen LogP contribution in [0.25, 0.3) is 5.65 Å². The van der Waals surface area contributed by atoms with Crippen LogP contribution >= 0.6 is 0 Å². The van der Waals surface area contributed by atoms with E-state index >= 15 is 0 Å². The first-order valence-corrected chi connectivity index (χ1v) is 9.67. The highest BCUT2D eigenvalue weighted by Crippen LogP contribution is 2.40. The Morgan fingerprint density at radius 1 is 1.18 bits per heavy atom. The molecule has 0 radical (unpaired) electrons. The maximum atomic E-state index is 13.5. The van der Waals surface area contributed by atoms with E-state index in [2.05, 4.69) is 21.5 Å². The number of carbonyl (C=O) groups is 1. The Morgan fingerprint density at radius 3 is 2.79 bits per heavy atom. The minimum absolute atomic E-state index is 0.0909. The fourth-order valence-corrected chi connectivity index (χ4v) is 4.01. The van der Waals surface area contributed by atoms with Gasteiger partial charge in [-0.3, -0.25) is 4.79 Å². The molecule has 2 aliphatic carbocycles. The molecule has 1 amide bonds. The molecule has 2 heterocycles. The Balaban J connectivity index is 1.46. The standard InChI is InChI=1S/C21H20F2N4O/c22-20(23)18-10-16(13-8-9-13)24-19-11-17(26-27(18)19)21(28)25-15-7-3-5-12-4-1-2-6-14(12)15/h1-2,4,6,10-11,13,15,20H,3,5,7-9H2,(H,25,28). The summed E-state index contributed by atoms with van der Waals surface area (Å²) in [5.41, 5.74) is 3.22. The number of nitrogens with one attached hydrogen (secondary N) is 1. The molecular weight excluding hydrogens is 362 g/mol. The normalized spacial score (nSPS) is 19.0. The number of nitrogens with zero attached hydrogens (tertiary/aromatic N) is 3. The van der Waals surface area contributed by atoms with Crippen LogP contribution in [0.15, 0.2) is 36.4 Å². The molecule has 1 unspecified atom stereocenters. The van der Waals surface area contributed by atoms with Crippen molar-refractivity contribution in [3.63, 3.8) is 0 Å². The summed E-state index contributed by atoms with van der Waals surface area (Å²) >= 11 is 0. The van der Waals surface area contributed by atoms with Gasteiger partial charge in [-0.15, -0.1) is 0 Å². The molecule has 1 fully saturated rings. The van der Waals surface area contributed by atoms with Crippen molar-refractivity contribution in [3.8, 4) is 0 Å². The number of benzene rings is 1. The van der Waals surface area contributed by atoms with Gasteiger partial charge in [-0.2, -0.15) is 5.10 Å². The number of amides is 1. The molecule has 0 bridgehead atoms. The van der Waals surface area contributed by atoms with E-state index < -0.39 is 6.43 Å². The van der Waals surface area contributed by atoms with Crippen molar-refractivity contribution in [1.29, 1.82) is 0 Å². The molecule has 3 aromatic rings. The third-order valence-electron chi connectivity index (χ3n) is 5.60. The Bertz CT molecular complexity index is 1060. The zero-order valence-electron chi connectivity index (χ0n) is 15.2. The van der Waals surface area contributed by atoms with Gasteiger partial charge in [0.1, 0.15) is 5.69 Å². The van der Waals surface area contributed by atoms with Gasteiger partial charge in [0.2, 0.25) is 0 Å². The predicted octanol–water partition coefficient (Wildman–Crippen LogP) is 4.35. The van der Waals surface area contributed by atoms with Crippen molar-refractivity contribution >= 4 is 11.6 Å². The van der Waals surface area contributed by atoms with Crippen LogP contribution in [0.4, 0.5) is 8.78 Å². The first-order chi connectivity index (χ1) is 13.6. The maximum absolute atomic E-state index is 13.5. The van der Waals surface area contributed by atoms with Crippen molar-refractivity contribution in [2.24, 2.45) is 0 Å². The van der Waals surface area contributed by atoms with Crippen LogP contribution in [-0.4, -0.2) is 20.5 Å². The number of rotatable bonds is 4. The fraction of sp³-hybridized carbons (Fsp3) is 0.381. The molecule has 1 atom stereocenters. The van der Waals surface area contributed by atoms with Gasteiger partial charge in [0.15, 0.2) is 11.3 Å². The van der Waals surface area contributed by atoms with Crippen molar-refractivity contribution < 1.29 is 13.6 Å². The molecule has 0 aliphatic heterocycles. The molecule has 1 aromatic carbocycles. The van der Waals surface area contributed by atoms with Crippen LogP contribution in [-0.2, 0) is 6.42 Å². The zero-order chi connectivity index (χ0) is 19.3. The highest BCUT2D eigenvalue weighted by atomic mass is 19.3. The molecule has 5 rings (SSSR count). The van der Waals surface area contributed by atoms with E-state index in [-0.39, 0.29) is 29.3 Å². The SMILES string of the molecule is O=C(NC1CCCc2ccccc21)c1cc2nc(C3CC3)cc(C(F)F)n2n1. The highest BCUT2D eigenvalue weighted by molar-refractivity contribution is 5.93. The Labute approximate surface area is 160 Å². The summed E-state index contributed by atoms with van der Waals surface area (Å²) in [6.07, 6.45) is 2.10. The van der Waals surface area contributed by atoms with Crippen molar-refractivity contribution in [2.45, 2.75) is 50.5 Å². The summed E-state index contributed by atoms with van der Waals surface area (Å²) in [4.78, 5) is 17.3. The lowest BCUT2D eigenvalue weighted by molar-refractivity contribution is 0.0926. The van der Waals surface area contributed by atoms with Crippen molar-refractivity contribution in [3.05, 3.63) is 64.6 Å². The average Bonchev–Trinajstić information content (AvgIpc) is 3.46. The van der Waals surface area contributed by atoms with Gasteiger partial charge in [0.05, 0.1) is 6.04 Å². The van der Waals surface area contributed by atoms with Crippen molar-refractivity contribution in [1.82, 2.24) is 19.9 Å². The van der Waals surface area contributed by atoms with Gasteiger partial charge < -0.3 is 5.32 Å². The monoisotopic (exact) mass is 382 g/mol. The van der Waals surface area contributed by atoms with Crippen LogP contribution in [0, 0.1) is 0 Å². The minimum Gasteiger partial charge on any atom is -0.344 e. The number of hydrogen-bond donors (Lipinski definition) is 1. The first kappa shape index (κ1) is 17.3. The molecule has 28 heavy (non-hydrogen) atoms. The predicted molar refractivity (Wildman–Crippen MR) is 99.5 cm³/mol. The van der Waals surface area contributed by atoms with Crippen molar-refractivity contribution in [2.75, 3.05) is 0 Å². The molecule has 5 nitrogen and oxygen atoms in total. The summed E-state index contributed by atoms with van der Waals surface area (Å²) in [6.45, 7) is 0. The average molecular weight is 382 g/mol. The summed E-state index contributed by atoms with van der Waals surface area (Å²) in [7, 11) is 0. The third kappa shape index (κ3) is 3.04. The van der Waals surface area contributed by atoms with Crippen LogP contribution in [0.3, 0.4) is 0 Å². The van der Waals surface area contributed by atoms with Gasteiger partial charge in [-0.25, -0.2) is 18.3 Å². The molecular formula is C21H20F2N4O. The molecule has 144 valence electrons. The van der Waals surface area contributed by atoms with Gasteiger partial charge in [0, 0.05) is 17.7 Å². The number of halogens is 2. The van der Waals surface area contributed by atoms with Gasteiger partial charge in [-0.1, -0.05) is 24.3 Å². The van der Waals surface area contributed by atoms with E-state index in [4.69, 9.17) is 0 Å². The largest absolute Gasteiger partial charge is 0.344 e. The van der Waals surface area contributed by atoms with Gasteiger partial charge >= 0.3 is 0 Å². The minimum atomic E-state index is -2.68. The molecule has 1 saturated carbocycles. The van der Waals surface area contributed by atoms with Crippen LogP contribution < -0.4 is 5.32 Å². The van der Waals surface area contributed by atoms with E-state index in [0.29, 0.717) is 11.3 Å². The molecule has 1 N–H and O–H groups in total. The third-order valence-corrected chi connectivity index (χ3v) is 5.60. The van der Waals surface area contributed by atoms with Gasteiger partial charge in [0.25, 0.3) is 12.3 Å². The number of aryl methyl sites for hydroxylation is 1. The summed E-state index contributed by atoms with van der Waals surface area (Å²) in [5, 5.41) is 7.16. The zero-order valence-corrected chi connectivity index (χ0v) is 15.2. The van der Waals surface area contributed by atoms with E-state index in [1.165, 1.54) is 17.7 Å². The first-order valence-electron chi connectivity index (χ1n) is 9.67.